The Morgan fingerprint density at radius 2 is 2.38 bits per heavy atom. The van der Waals surface area contributed by atoms with E-state index in [9.17, 15) is 4.79 Å². The Bertz CT molecular complexity index is 281. The molecule has 1 saturated heterocycles. The van der Waals surface area contributed by atoms with Gasteiger partial charge in [-0.05, 0) is 18.9 Å². The van der Waals surface area contributed by atoms with Gasteiger partial charge in [-0.15, -0.1) is 0 Å². The van der Waals surface area contributed by atoms with Crippen LogP contribution in [0.3, 0.4) is 0 Å². The fourth-order valence-electron chi connectivity index (χ4n) is 1.75. The molecule has 1 atom stereocenters. The number of likely N-dealkylation sites (tertiary alicyclic amines) is 1. The van der Waals surface area contributed by atoms with Crippen LogP contribution in [0.5, 0.6) is 0 Å². The first-order chi connectivity index (χ1) is 6.27. The topological polar surface area (TPSA) is 46.3 Å². The lowest BCUT2D eigenvalue weighted by atomic mass is 10.1. The Balaban J connectivity index is 2.09. The van der Waals surface area contributed by atoms with Gasteiger partial charge in [0.15, 0.2) is 0 Å². The van der Waals surface area contributed by atoms with E-state index in [1.165, 1.54) is 0 Å². The minimum Gasteiger partial charge on any atom is -0.324 e. The number of allylic oxidation sites excluding steroid dienone is 1. The van der Waals surface area contributed by atoms with Crippen LogP contribution in [-0.2, 0) is 4.79 Å². The average molecular weight is 178 g/mol. The maximum atomic E-state index is 11.4. The van der Waals surface area contributed by atoms with Gasteiger partial charge in [0.25, 0.3) is 0 Å². The Kier molecular flexibility index (Phi) is 2.19. The SMILES string of the molecule is NC1C=CC(N2CCCC2=O)=CC1. The summed E-state index contributed by atoms with van der Waals surface area (Å²) in [6.45, 7) is 0.865. The fourth-order valence-corrected chi connectivity index (χ4v) is 1.75. The van der Waals surface area contributed by atoms with Crippen molar-refractivity contribution < 1.29 is 4.79 Å². The third kappa shape index (κ3) is 1.65. The molecule has 1 aliphatic heterocycles. The number of hydrogen-bond donors (Lipinski definition) is 1. The van der Waals surface area contributed by atoms with E-state index < -0.39 is 0 Å². The number of amides is 1. The maximum absolute atomic E-state index is 11.4. The molecule has 0 saturated carbocycles. The summed E-state index contributed by atoms with van der Waals surface area (Å²) in [5.74, 6) is 0.242. The monoisotopic (exact) mass is 178 g/mol. The highest BCUT2D eigenvalue weighted by atomic mass is 16.2. The Morgan fingerprint density at radius 3 is 2.92 bits per heavy atom. The summed E-state index contributed by atoms with van der Waals surface area (Å²) in [5.41, 5.74) is 6.73. The van der Waals surface area contributed by atoms with Crippen LogP contribution >= 0.6 is 0 Å². The van der Waals surface area contributed by atoms with E-state index in [1.54, 1.807) is 0 Å². The zero-order chi connectivity index (χ0) is 9.26. The molecule has 3 heteroatoms. The molecule has 13 heavy (non-hydrogen) atoms. The van der Waals surface area contributed by atoms with Crippen molar-refractivity contribution in [1.29, 1.82) is 0 Å². The van der Waals surface area contributed by atoms with E-state index in [0.717, 1.165) is 25.1 Å². The van der Waals surface area contributed by atoms with Gasteiger partial charge in [0.2, 0.25) is 5.91 Å². The van der Waals surface area contributed by atoms with Crippen molar-refractivity contribution in [3.05, 3.63) is 23.9 Å². The van der Waals surface area contributed by atoms with E-state index in [4.69, 9.17) is 5.73 Å². The quantitative estimate of drug-likeness (QED) is 0.645. The molecule has 1 aliphatic carbocycles. The molecule has 0 spiro atoms. The first kappa shape index (κ1) is 8.51. The zero-order valence-corrected chi connectivity index (χ0v) is 7.57. The summed E-state index contributed by atoms with van der Waals surface area (Å²) in [6.07, 6.45) is 8.48. The molecule has 0 aromatic rings. The molecule has 0 aromatic carbocycles. The molecule has 1 unspecified atom stereocenters. The minimum absolute atomic E-state index is 0.126. The standard InChI is InChI=1S/C10H14N2O/c11-8-3-5-9(6-4-8)12-7-1-2-10(12)13/h3,5-6,8H,1-2,4,7,11H2. The van der Waals surface area contributed by atoms with Crippen LogP contribution in [0, 0.1) is 0 Å². The van der Waals surface area contributed by atoms with Crippen LogP contribution in [0.1, 0.15) is 19.3 Å². The molecule has 2 rings (SSSR count). The lowest BCUT2D eigenvalue weighted by molar-refractivity contribution is -0.125. The second kappa shape index (κ2) is 3.34. The second-order valence-electron chi connectivity index (χ2n) is 3.54. The van der Waals surface area contributed by atoms with Gasteiger partial charge in [-0.1, -0.05) is 12.2 Å². The summed E-state index contributed by atoms with van der Waals surface area (Å²) in [6, 6.07) is 0.126. The molecular formula is C10H14N2O. The minimum atomic E-state index is 0.126. The molecule has 70 valence electrons. The first-order valence-corrected chi connectivity index (χ1v) is 4.71. The molecule has 1 fully saturated rings. The Hall–Kier alpha value is -1.09. The van der Waals surface area contributed by atoms with Gasteiger partial charge in [-0.3, -0.25) is 4.79 Å². The van der Waals surface area contributed by atoms with Crippen LogP contribution in [0.15, 0.2) is 23.9 Å². The summed E-state index contributed by atoms with van der Waals surface area (Å²) < 4.78 is 0. The van der Waals surface area contributed by atoms with Crippen LogP contribution in [-0.4, -0.2) is 23.4 Å². The molecule has 0 bridgehead atoms. The van der Waals surface area contributed by atoms with Crippen LogP contribution in [0.2, 0.25) is 0 Å². The van der Waals surface area contributed by atoms with E-state index >= 15 is 0 Å². The lowest BCUT2D eigenvalue weighted by Crippen LogP contribution is -2.26. The number of nitrogens with two attached hydrogens (primary N) is 1. The average Bonchev–Trinajstić information content (AvgIpc) is 2.53. The number of hydrogen-bond acceptors (Lipinski definition) is 2. The highest BCUT2D eigenvalue weighted by Crippen LogP contribution is 2.20. The highest BCUT2D eigenvalue weighted by Gasteiger charge is 2.23. The molecule has 0 radical (unpaired) electrons. The van der Waals surface area contributed by atoms with E-state index in [1.807, 2.05) is 23.1 Å². The number of nitrogens with zero attached hydrogens (tertiary/aromatic N) is 1. The van der Waals surface area contributed by atoms with Crippen molar-refractivity contribution in [2.75, 3.05) is 6.54 Å². The molecule has 2 N–H and O–H groups in total. The molecular weight excluding hydrogens is 164 g/mol. The van der Waals surface area contributed by atoms with Crippen molar-refractivity contribution in [1.82, 2.24) is 4.90 Å². The van der Waals surface area contributed by atoms with Gasteiger partial charge < -0.3 is 10.6 Å². The molecule has 3 nitrogen and oxygen atoms in total. The molecule has 2 aliphatic rings. The summed E-state index contributed by atoms with van der Waals surface area (Å²) in [7, 11) is 0. The third-order valence-electron chi connectivity index (χ3n) is 2.50. The van der Waals surface area contributed by atoms with Crippen LogP contribution < -0.4 is 5.73 Å². The van der Waals surface area contributed by atoms with Crippen molar-refractivity contribution in [2.24, 2.45) is 5.73 Å². The Labute approximate surface area is 77.9 Å². The summed E-state index contributed by atoms with van der Waals surface area (Å²) in [5, 5.41) is 0. The normalized spacial score (nSPS) is 28.1. The lowest BCUT2D eigenvalue weighted by Gasteiger charge is -2.20. The van der Waals surface area contributed by atoms with Crippen LogP contribution in [0.4, 0.5) is 0 Å². The van der Waals surface area contributed by atoms with Crippen molar-refractivity contribution in [3.8, 4) is 0 Å². The molecule has 1 heterocycles. The predicted molar refractivity (Wildman–Crippen MR) is 50.8 cm³/mol. The van der Waals surface area contributed by atoms with Gasteiger partial charge in [0.05, 0.1) is 0 Å². The number of rotatable bonds is 1. The van der Waals surface area contributed by atoms with Crippen molar-refractivity contribution in [2.45, 2.75) is 25.3 Å². The van der Waals surface area contributed by atoms with Gasteiger partial charge in [0.1, 0.15) is 0 Å². The first-order valence-electron chi connectivity index (χ1n) is 4.71. The maximum Gasteiger partial charge on any atom is 0.227 e. The largest absolute Gasteiger partial charge is 0.324 e. The Morgan fingerprint density at radius 1 is 1.54 bits per heavy atom. The second-order valence-corrected chi connectivity index (χ2v) is 3.54. The van der Waals surface area contributed by atoms with Crippen LogP contribution in [0.25, 0.3) is 0 Å². The number of carbonyl (C=O) groups excluding carboxylic acids is 1. The van der Waals surface area contributed by atoms with Crippen molar-refractivity contribution >= 4 is 5.91 Å². The van der Waals surface area contributed by atoms with E-state index in [-0.39, 0.29) is 11.9 Å². The third-order valence-corrected chi connectivity index (χ3v) is 2.50. The zero-order valence-electron chi connectivity index (χ0n) is 7.57. The van der Waals surface area contributed by atoms with Gasteiger partial charge in [0, 0.05) is 24.7 Å². The summed E-state index contributed by atoms with van der Waals surface area (Å²) in [4.78, 5) is 13.2. The number of carbonyl (C=O) groups is 1. The van der Waals surface area contributed by atoms with E-state index in [2.05, 4.69) is 0 Å². The predicted octanol–water partition coefficient (Wildman–Crippen LogP) is 0.780. The molecule has 0 aromatic heterocycles. The van der Waals surface area contributed by atoms with Crippen molar-refractivity contribution in [3.63, 3.8) is 0 Å². The van der Waals surface area contributed by atoms with Gasteiger partial charge >= 0.3 is 0 Å². The smallest absolute Gasteiger partial charge is 0.227 e. The van der Waals surface area contributed by atoms with Gasteiger partial charge in [-0.25, -0.2) is 0 Å². The highest BCUT2D eigenvalue weighted by molar-refractivity contribution is 5.80. The van der Waals surface area contributed by atoms with Gasteiger partial charge in [-0.2, -0.15) is 0 Å². The molecule has 1 amide bonds. The summed E-state index contributed by atoms with van der Waals surface area (Å²) >= 11 is 0. The van der Waals surface area contributed by atoms with E-state index in [0.29, 0.717) is 6.42 Å². The fraction of sp³-hybridized carbons (Fsp3) is 0.500.